The zero-order valence-electron chi connectivity index (χ0n) is 19.6. The number of anilines is 2. The number of nitrogens with zero attached hydrogens (tertiary/aromatic N) is 3. The van der Waals surface area contributed by atoms with Gasteiger partial charge in [-0.1, -0.05) is 30.2 Å². The van der Waals surface area contributed by atoms with E-state index in [9.17, 15) is 9.59 Å². The third kappa shape index (κ3) is 5.89. The lowest BCUT2D eigenvalue weighted by molar-refractivity contribution is -0.148. The number of fused-ring (bicyclic) bond motifs is 1. The summed E-state index contributed by atoms with van der Waals surface area (Å²) in [7, 11) is 0. The second kappa shape index (κ2) is 11.1. The van der Waals surface area contributed by atoms with Gasteiger partial charge in [0.25, 0.3) is 0 Å². The Hall–Kier alpha value is -3.50. The van der Waals surface area contributed by atoms with Crippen LogP contribution in [0.15, 0.2) is 48.5 Å². The van der Waals surface area contributed by atoms with Gasteiger partial charge in [-0.15, -0.1) is 6.42 Å². The summed E-state index contributed by atoms with van der Waals surface area (Å²) >= 11 is 0. The Morgan fingerprint density at radius 1 is 1.09 bits per heavy atom. The minimum Gasteiger partial charge on any atom is -0.490 e. The van der Waals surface area contributed by atoms with Gasteiger partial charge in [-0.25, -0.2) is 0 Å². The van der Waals surface area contributed by atoms with Crippen LogP contribution in [0.5, 0.6) is 5.75 Å². The van der Waals surface area contributed by atoms with Crippen molar-refractivity contribution >= 4 is 23.3 Å². The second-order valence-corrected chi connectivity index (χ2v) is 8.64. The van der Waals surface area contributed by atoms with Gasteiger partial charge < -0.3 is 19.3 Å². The minimum atomic E-state index is -0.389. The first-order chi connectivity index (χ1) is 16.5. The molecule has 1 unspecified atom stereocenters. The van der Waals surface area contributed by atoms with Gasteiger partial charge in [-0.3, -0.25) is 14.5 Å². The highest BCUT2D eigenvalue weighted by molar-refractivity contribution is 5.97. The Morgan fingerprint density at radius 2 is 1.85 bits per heavy atom. The minimum absolute atomic E-state index is 0.0232. The van der Waals surface area contributed by atoms with Crippen LogP contribution in [0.3, 0.4) is 0 Å². The highest BCUT2D eigenvalue weighted by Crippen LogP contribution is 2.31. The third-order valence-corrected chi connectivity index (χ3v) is 6.23. The van der Waals surface area contributed by atoms with Crippen molar-refractivity contribution < 1.29 is 19.1 Å². The molecule has 34 heavy (non-hydrogen) atoms. The second-order valence-electron chi connectivity index (χ2n) is 8.64. The van der Waals surface area contributed by atoms with Crippen molar-refractivity contribution in [2.75, 3.05) is 55.7 Å². The van der Waals surface area contributed by atoms with Crippen LogP contribution in [0.1, 0.15) is 18.9 Å². The summed E-state index contributed by atoms with van der Waals surface area (Å²) in [4.78, 5) is 30.3. The lowest BCUT2D eigenvalue weighted by Gasteiger charge is -2.37. The van der Waals surface area contributed by atoms with E-state index < -0.39 is 0 Å². The van der Waals surface area contributed by atoms with Crippen LogP contribution in [0.25, 0.3) is 0 Å². The molecule has 0 saturated carbocycles. The molecule has 0 radical (unpaired) electrons. The fourth-order valence-electron chi connectivity index (χ4n) is 4.53. The molecule has 178 valence electrons. The molecule has 0 aromatic heterocycles. The Bertz CT molecular complexity index is 1040. The van der Waals surface area contributed by atoms with Crippen LogP contribution in [0.2, 0.25) is 0 Å². The molecule has 0 spiro atoms. The predicted molar refractivity (Wildman–Crippen MR) is 132 cm³/mol. The molecule has 1 fully saturated rings. The summed E-state index contributed by atoms with van der Waals surface area (Å²) in [5, 5.41) is 0. The zero-order chi connectivity index (χ0) is 23.9. The number of ether oxygens (including phenoxy) is 2. The molecular formula is C27H31N3O4. The number of para-hydroxylation sites is 1. The van der Waals surface area contributed by atoms with Crippen molar-refractivity contribution in [3.63, 3.8) is 0 Å². The molecule has 0 N–H and O–H groups in total. The molecule has 1 amide bonds. The quantitative estimate of drug-likeness (QED) is 0.445. The maximum atomic E-state index is 12.3. The third-order valence-electron chi connectivity index (χ3n) is 6.23. The lowest BCUT2D eigenvalue weighted by atomic mass is 10.0. The number of hydrogen-bond acceptors (Lipinski definition) is 6. The van der Waals surface area contributed by atoms with E-state index in [1.54, 1.807) is 4.90 Å². The van der Waals surface area contributed by atoms with Gasteiger partial charge in [0.1, 0.15) is 18.5 Å². The number of carbonyl (C=O) groups excluding carboxylic acids is 2. The molecule has 2 aliphatic heterocycles. The van der Waals surface area contributed by atoms with E-state index in [2.05, 4.69) is 40.0 Å². The first-order valence-electron chi connectivity index (χ1n) is 11.7. The van der Waals surface area contributed by atoms with Gasteiger partial charge >= 0.3 is 5.97 Å². The molecule has 4 rings (SSSR count). The highest BCUT2D eigenvalue weighted by atomic mass is 16.6. The van der Waals surface area contributed by atoms with Crippen molar-refractivity contribution in [1.29, 1.82) is 0 Å². The van der Waals surface area contributed by atoms with Gasteiger partial charge in [-0.05, 0) is 30.2 Å². The molecule has 1 saturated heterocycles. The Kier molecular flexibility index (Phi) is 7.71. The van der Waals surface area contributed by atoms with E-state index in [1.807, 2.05) is 24.3 Å². The molecule has 2 heterocycles. The van der Waals surface area contributed by atoms with Gasteiger partial charge in [0.05, 0.1) is 12.2 Å². The van der Waals surface area contributed by atoms with Crippen molar-refractivity contribution in [3.05, 3.63) is 54.1 Å². The van der Waals surface area contributed by atoms with Crippen molar-refractivity contribution in [1.82, 2.24) is 4.90 Å². The maximum absolute atomic E-state index is 12.3. The van der Waals surface area contributed by atoms with Crippen LogP contribution < -0.4 is 14.5 Å². The number of terminal acetylenes is 1. The van der Waals surface area contributed by atoms with E-state index in [-0.39, 0.29) is 31.1 Å². The van der Waals surface area contributed by atoms with Gasteiger partial charge in [-0.2, -0.15) is 0 Å². The fraction of sp³-hybridized carbons (Fsp3) is 0.407. The zero-order valence-corrected chi connectivity index (χ0v) is 19.6. The van der Waals surface area contributed by atoms with Gasteiger partial charge in [0, 0.05) is 57.8 Å². The van der Waals surface area contributed by atoms with Crippen LogP contribution in [-0.2, 0) is 20.7 Å². The molecule has 0 bridgehead atoms. The smallest absolute Gasteiger partial charge is 0.303 e. The Morgan fingerprint density at radius 3 is 2.56 bits per heavy atom. The van der Waals surface area contributed by atoms with Crippen LogP contribution in [0, 0.1) is 12.3 Å². The van der Waals surface area contributed by atoms with Crippen molar-refractivity contribution in [2.45, 2.75) is 25.9 Å². The number of aryl methyl sites for hydroxylation is 1. The average molecular weight is 462 g/mol. The lowest BCUT2D eigenvalue weighted by Crippen LogP contribution is -2.50. The van der Waals surface area contributed by atoms with Crippen LogP contribution in [-0.4, -0.2) is 68.8 Å². The normalized spacial score (nSPS) is 17.0. The van der Waals surface area contributed by atoms with E-state index in [0.29, 0.717) is 25.1 Å². The SMILES string of the molecule is C#CCN1C(=O)CCc2ccc(OCC(CN3CCN(c4ccccc4)CC3)OC(C)=O)cc21. The van der Waals surface area contributed by atoms with E-state index in [1.165, 1.54) is 12.6 Å². The summed E-state index contributed by atoms with van der Waals surface area (Å²) in [6, 6.07) is 16.1. The van der Waals surface area contributed by atoms with E-state index in [0.717, 1.165) is 37.4 Å². The monoisotopic (exact) mass is 461 g/mol. The number of carbonyl (C=O) groups is 2. The van der Waals surface area contributed by atoms with Crippen LogP contribution >= 0.6 is 0 Å². The summed E-state index contributed by atoms with van der Waals surface area (Å²) in [5.74, 6) is 2.88. The molecule has 2 aromatic carbocycles. The largest absolute Gasteiger partial charge is 0.490 e. The molecule has 1 atom stereocenters. The molecule has 7 heteroatoms. The molecule has 0 aliphatic carbocycles. The number of hydrogen-bond donors (Lipinski definition) is 0. The summed E-state index contributed by atoms with van der Waals surface area (Å²) in [5.41, 5.74) is 3.11. The molecule has 2 aromatic rings. The number of rotatable bonds is 8. The highest BCUT2D eigenvalue weighted by Gasteiger charge is 2.25. The van der Waals surface area contributed by atoms with Crippen LogP contribution in [0.4, 0.5) is 11.4 Å². The molecule has 2 aliphatic rings. The number of esters is 1. The topological polar surface area (TPSA) is 62.3 Å². The Labute approximate surface area is 201 Å². The first-order valence-corrected chi connectivity index (χ1v) is 11.7. The number of piperazine rings is 1. The van der Waals surface area contributed by atoms with E-state index >= 15 is 0 Å². The summed E-state index contributed by atoms with van der Waals surface area (Å²) in [6.07, 6.45) is 6.23. The average Bonchev–Trinajstić information content (AvgIpc) is 2.85. The van der Waals surface area contributed by atoms with E-state index in [4.69, 9.17) is 15.9 Å². The summed E-state index contributed by atoms with van der Waals surface area (Å²) < 4.78 is 11.6. The van der Waals surface area contributed by atoms with Gasteiger partial charge in [0.2, 0.25) is 5.91 Å². The number of benzene rings is 2. The summed E-state index contributed by atoms with van der Waals surface area (Å²) in [6.45, 7) is 6.10. The standard InChI is InChI=1S/C27H31N3O4/c1-3-13-30-26-18-24(11-9-22(26)10-12-27(30)32)33-20-25(34-21(2)31)19-28-14-16-29(17-15-28)23-7-5-4-6-8-23/h1,4-9,11,18,25H,10,12-17,19-20H2,2H3. The number of amides is 1. The fourth-order valence-corrected chi connectivity index (χ4v) is 4.53. The van der Waals surface area contributed by atoms with Gasteiger partial charge in [0.15, 0.2) is 0 Å². The van der Waals surface area contributed by atoms with Crippen molar-refractivity contribution in [2.24, 2.45) is 0 Å². The van der Waals surface area contributed by atoms with Crippen molar-refractivity contribution in [3.8, 4) is 18.1 Å². The molecular weight excluding hydrogens is 430 g/mol. The first kappa shape index (κ1) is 23.7. The maximum Gasteiger partial charge on any atom is 0.303 e. The molecule has 7 nitrogen and oxygen atoms in total. The Balaban J connectivity index is 1.36. The predicted octanol–water partition coefficient (Wildman–Crippen LogP) is 2.73.